The van der Waals surface area contributed by atoms with Gasteiger partial charge in [-0.05, 0) is 13.8 Å². The predicted molar refractivity (Wildman–Crippen MR) is 79.5 cm³/mol. The lowest BCUT2D eigenvalue weighted by Gasteiger charge is -2.14. The fourth-order valence-corrected chi connectivity index (χ4v) is 1.66. The molecule has 0 unspecified atom stereocenters. The van der Waals surface area contributed by atoms with Crippen LogP contribution in [-0.4, -0.2) is 47.9 Å². The summed E-state index contributed by atoms with van der Waals surface area (Å²) in [4.78, 5) is 24.6. The van der Waals surface area contributed by atoms with E-state index in [0.717, 1.165) is 0 Å². The molecule has 1 aromatic heterocycles. The second-order valence-electron chi connectivity index (χ2n) is 4.77. The minimum Gasteiger partial charge on any atom is -0.381 e. The molecule has 1 heterocycles. The molecule has 1 rings (SSSR count). The normalized spacial score (nSPS) is 10.5. The highest BCUT2D eigenvalue weighted by Gasteiger charge is 2.10. The Balaban J connectivity index is 2.60. The zero-order valence-corrected chi connectivity index (χ0v) is 12.9. The molecule has 0 aliphatic rings. The summed E-state index contributed by atoms with van der Waals surface area (Å²) in [5.74, 6) is 0. The van der Waals surface area contributed by atoms with Gasteiger partial charge in [-0.25, -0.2) is 9.48 Å². The molecule has 0 saturated heterocycles. The Hall–Kier alpha value is -1.76. The molecule has 0 aromatic carbocycles. The van der Waals surface area contributed by atoms with E-state index < -0.39 is 0 Å². The van der Waals surface area contributed by atoms with Crippen molar-refractivity contribution in [2.24, 2.45) is 0 Å². The van der Waals surface area contributed by atoms with E-state index in [0.29, 0.717) is 18.8 Å². The van der Waals surface area contributed by atoms with Gasteiger partial charge in [-0.3, -0.25) is 4.79 Å². The molecule has 0 fully saturated rings. The Kier molecular flexibility index (Phi) is 5.82. The van der Waals surface area contributed by atoms with Gasteiger partial charge in [0.05, 0.1) is 17.9 Å². The third kappa shape index (κ3) is 4.12. The topological polar surface area (TPSA) is 79.3 Å². The second-order valence-corrected chi connectivity index (χ2v) is 5.15. The van der Waals surface area contributed by atoms with Crippen LogP contribution in [0.5, 0.6) is 0 Å². The van der Waals surface area contributed by atoms with Crippen LogP contribution in [0.3, 0.4) is 0 Å². The number of amides is 2. The molecule has 20 heavy (non-hydrogen) atoms. The molecular formula is C12H20ClN5O2. The van der Waals surface area contributed by atoms with Crippen LogP contribution < -0.4 is 16.2 Å². The van der Waals surface area contributed by atoms with Gasteiger partial charge in [0, 0.05) is 27.2 Å². The first-order valence-electron chi connectivity index (χ1n) is 6.31. The van der Waals surface area contributed by atoms with Gasteiger partial charge < -0.3 is 15.5 Å². The smallest absolute Gasteiger partial charge is 0.316 e. The first-order valence-corrected chi connectivity index (χ1v) is 6.68. The maximum atomic E-state index is 11.9. The van der Waals surface area contributed by atoms with E-state index in [1.54, 1.807) is 14.1 Å². The molecule has 0 aliphatic heterocycles. The third-order valence-corrected chi connectivity index (χ3v) is 2.92. The van der Waals surface area contributed by atoms with Crippen molar-refractivity contribution in [3.05, 3.63) is 21.6 Å². The number of rotatable bonds is 5. The van der Waals surface area contributed by atoms with Crippen molar-refractivity contribution in [1.29, 1.82) is 0 Å². The monoisotopic (exact) mass is 301 g/mol. The Morgan fingerprint density at radius 2 is 2.10 bits per heavy atom. The van der Waals surface area contributed by atoms with Crippen molar-refractivity contribution in [3.63, 3.8) is 0 Å². The molecule has 0 aliphatic carbocycles. The first-order chi connectivity index (χ1) is 9.34. The van der Waals surface area contributed by atoms with Crippen LogP contribution in [0, 0.1) is 0 Å². The van der Waals surface area contributed by atoms with Crippen LogP contribution in [0.2, 0.25) is 5.02 Å². The summed E-state index contributed by atoms with van der Waals surface area (Å²) in [7, 11) is 3.32. The molecule has 112 valence electrons. The summed E-state index contributed by atoms with van der Waals surface area (Å²) < 4.78 is 1.32. The maximum absolute atomic E-state index is 11.9. The van der Waals surface area contributed by atoms with Crippen molar-refractivity contribution < 1.29 is 4.79 Å². The zero-order valence-electron chi connectivity index (χ0n) is 12.1. The standard InChI is InChI=1S/C12H20ClN5O2/c1-8(2)18-11(19)10(13)9(7-16-18)14-5-6-15-12(20)17(3)4/h7-8,14H,5-6H2,1-4H3,(H,15,20). The van der Waals surface area contributed by atoms with E-state index >= 15 is 0 Å². The van der Waals surface area contributed by atoms with E-state index in [1.807, 2.05) is 13.8 Å². The number of urea groups is 1. The van der Waals surface area contributed by atoms with E-state index in [9.17, 15) is 9.59 Å². The average molecular weight is 302 g/mol. The summed E-state index contributed by atoms with van der Waals surface area (Å²) in [6, 6.07) is -0.223. The lowest BCUT2D eigenvalue weighted by molar-refractivity contribution is 0.218. The van der Waals surface area contributed by atoms with Gasteiger partial charge in [-0.15, -0.1) is 0 Å². The molecule has 0 saturated carbocycles. The first kappa shape index (κ1) is 16.3. The minimum absolute atomic E-state index is 0.0478. The van der Waals surface area contributed by atoms with Gasteiger partial charge in [0.1, 0.15) is 5.02 Å². The average Bonchev–Trinajstić information content (AvgIpc) is 2.38. The SMILES string of the molecule is CC(C)n1ncc(NCCNC(=O)N(C)C)c(Cl)c1=O. The summed E-state index contributed by atoms with van der Waals surface area (Å²) in [5, 5.41) is 9.81. The predicted octanol–water partition coefficient (Wildman–Crippen LogP) is 1.16. The fraction of sp³-hybridized carbons (Fsp3) is 0.583. The summed E-state index contributed by atoms with van der Waals surface area (Å²) >= 11 is 6.00. The van der Waals surface area contributed by atoms with Crippen LogP contribution >= 0.6 is 11.6 Å². The van der Waals surface area contributed by atoms with Crippen LogP contribution in [-0.2, 0) is 0 Å². The molecule has 0 spiro atoms. The molecule has 2 N–H and O–H groups in total. The fourth-order valence-electron chi connectivity index (χ4n) is 1.46. The minimum atomic E-state index is -0.330. The summed E-state index contributed by atoms with van der Waals surface area (Å²) in [6.07, 6.45) is 1.51. The number of halogens is 1. The Bertz CT molecular complexity index is 527. The molecule has 0 bridgehead atoms. The highest BCUT2D eigenvalue weighted by Crippen LogP contribution is 2.15. The summed E-state index contributed by atoms with van der Waals surface area (Å²) in [5.41, 5.74) is 0.136. The quantitative estimate of drug-likeness (QED) is 0.800. The van der Waals surface area contributed by atoms with Crippen molar-refractivity contribution >= 4 is 23.3 Å². The molecular weight excluding hydrogens is 282 g/mol. The van der Waals surface area contributed by atoms with Crippen LogP contribution in [0.15, 0.2) is 11.0 Å². The van der Waals surface area contributed by atoms with Crippen molar-refractivity contribution in [2.45, 2.75) is 19.9 Å². The lowest BCUT2D eigenvalue weighted by Crippen LogP contribution is -2.37. The van der Waals surface area contributed by atoms with E-state index in [4.69, 9.17) is 11.6 Å². The number of hydrogen-bond donors (Lipinski definition) is 2. The molecule has 8 heteroatoms. The van der Waals surface area contributed by atoms with Gasteiger partial charge >= 0.3 is 6.03 Å². The van der Waals surface area contributed by atoms with Gasteiger partial charge in [-0.2, -0.15) is 5.10 Å². The van der Waals surface area contributed by atoms with Gasteiger partial charge in [0.2, 0.25) is 0 Å². The van der Waals surface area contributed by atoms with Crippen molar-refractivity contribution in [2.75, 3.05) is 32.5 Å². The zero-order chi connectivity index (χ0) is 15.3. The Morgan fingerprint density at radius 1 is 1.45 bits per heavy atom. The molecule has 1 aromatic rings. The number of nitrogens with zero attached hydrogens (tertiary/aromatic N) is 3. The summed E-state index contributed by atoms with van der Waals surface area (Å²) in [6.45, 7) is 4.58. The highest BCUT2D eigenvalue weighted by molar-refractivity contribution is 6.32. The number of carbonyl (C=O) groups excluding carboxylic acids is 1. The van der Waals surface area contributed by atoms with Gasteiger partial charge in [-0.1, -0.05) is 11.6 Å². The van der Waals surface area contributed by atoms with E-state index in [2.05, 4.69) is 15.7 Å². The molecule has 0 radical (unpaired) electrons. The van der Waals surface area contributed by atoms with Gasteiger partial charge in [0.15, 0.2) is 0 Å². The Labute approximate surface area is 122 Å². The van der Waals surface area contributed by atoms with Crippen LogP contribution in [0.1, 0.15) is 19.9 Å². The second kappa shape index (κ2) is 7.14. The van der Waals surface area contributed by atoms with Gasteiger partial charge in [0.25, 0.3) is 5.56 Å². The van der Waals surface area contributed by atoms with Crippen LogP contribution in [0.25, 0.3) is 0 Å². The number of aromatic nitrogens is 2. The third-order valence-electron chi connectivity index (χ3n) is 2.56. The number of hydrogen-bond acceptors (Lipinski definition) is 4. The largest absolute Gasteiger partial charge is 0.381 e. The number of anilines is 1. The maximum Gasteiger partial charge on any atom is 0.316 e. The van der Waals surface area contributed by atoms with E-state index in [-0.39, 0.29) is 22.7 Å². The van der Waals surface area contributed by atoms with E-state index in [1.165, 1.54) is 15.8 Å². The Morgan fingerprint density at radius 3 is 2.65 bits per heavy atom. The number of carbonyl (C=O) groups is 1. The molecule has 0 atom stereocenters. The molecule has 7 nitrogen and oxygen atoms in total. The van der Waals surface area contributed by atoms with Crippen molar-refractivity contribution in [1.82, 2.24) is 20.0 Å². The highest BCUT2D eigenvalue weighted by atomic mass is 35.5. The van der Waals surface area contributed by atoms with Crippen molar-refractivity contribution in [3.8, 4) is 0 Å². The lowest BCUT2D eigenvalue weighted by atomic mass is 10.4. The molecule has 2 amide bonds. The number of nitrogens with one attached hydrogen (secondary N) is 2. The van der Waals surface area contributed by atoms with Crippen LogP contribution in [0.4, 0.5) is 10.5 Å².